The Morgan fingerprint density at radius 3 is 2.70 bits per heavy atom. The minimum absolute atomic E-state index is 0.111. The van der Waals surface area contributed by atoms with Crippen LogP contribution in [0, 0.1) is 11.3 Å². The molecule has 0 radical (unpaired) electrons. The van der Waals surface area contributed by atoms with Crippen LogP contribution in [-0.2, 0) is 14.3 Å². The summed E-state index contributed by atoms with van der Waals surface area (Å²) in [5.74, 6) is 4.24. The lowest BCUT2D eigenvalue weighted by molar-refractivity contribution is -0.127. The lowest BCUT2D eigenvalue weighted by atomic mass is 10.3. The van der Waals surface area contributed by atoms with Crippen molar-refractivity contribution in [2.24, 2.45) is 10.8 Å². The predicted molar refractivity (Wildman–Crippen MR) is 70.9 cm³/mol. The second kappa shape index (κ2) is 8.04. The first-order valence-corrected chi connectivity index (χ1v) is 6.17. The van der Waals surface area contributed by atoms with Gasteiger partial charge in [0.05, 0.1) is 13.2 Å². The second-order valence-electron chi connectivity index (χ2n) is 4.01. The van der Waals surface area contributed by atoms with Crippen LogP contribution in [0.4, 0.5) is 0 Å². The summed E-state index contributed by atoms with van der Waals surface area (Å²) in [6, 6.07) is 1.79. The summed E-state index contributed by atoms with van der Waals surface area (Å²) >= 11 is 0. The molecule has 0 aromatic rings. The van der Waals surface area contributed by atoms with E-state index in [-0.39, 0.29) is 17.9 Å². The quantitative estimate of drug-likeness (QED) is 0.140. The van der Waals surface area contributed by atoms with E-state index in [0.29, 0.717) is 26.3 Å². The van der Waals surface area contributed by atoms with Crippen LogP contribution in [0.15, 0.2) is 16.8 Å². The molecule has 2 amide bonds. The van der Waals surface area contributed by atoms with E-state index in [0.717, 1.165) is 11.3 Å². The third kappa shape index (κ3) is 4.79. The summed E-state index contributed by atoms with van der Waals surface area (Å²) in [7, 11) is 0. The molecule has 0 aromatic carbocycles. The Balaban J connectivity index is 2.67. The summed E-state index contributed by atoms with van der Waals surface area (Å²) in [6.45, 7) is 3.96. The Morgan fingerprint density at radius 2 is 2.15 bits per heavy atom. The van der Waals surface area contributed by atoms with Crippen LogP contribution in [-0.4, -0.2) is 54.4 Å². The molecule has 8 nitrogen and oxygen atoms in total. The van der Waals surface area contributed by atoms with Crippen LogP contribution in [0.25, 0.3) is 0 Å². The summed E-state index contributed by atoms with van der Waals surface area (Å²) in [5, 5.41) is 9.69. The molecule has 1 rings (SSSR count). The Bertz CT molecular complexity index is 460. The smallest absolute Gasteiger partial charge is 0.290 e. The SMILES string of the molecule is CCC(=O)N(N)C=NC(=O)C(C#N)=CN1CCOCC1. The van der Waals surface area contributed by atoms with Gasteiger partial charge in [0.25, 0.3) is 5.91 Å². The molecule has 0 bridgehead atoms. The molecule has 20 heavy (non-hydrogen) atoms. The summed E-state index contributed by atoms with van der Waals surface area (Å²) in [5.41, 5.74) is -0.111. The van der Waals surface area contributed by atoms with Crippen molar-refractivity contribution in [3.63, 3.8) is 0 Å². The zero-order valence-electron chi connectivity index (χ0n) is 11.3. The molecule has 0 unspecified atom stereocenters. The predicted octanol–water partition coefficient (Wildman–Crippen LogP) is -0.607. The van der Waals surface area contributed by atoms with E-state index in [2.05, 4.69) is 4.99 Å². The van der Waals surface area contributed by atoms with Crippen LogP contribution in [0.2, 0.25) is 0 Å². The highest BCUT2D eigenvalue weighted by molar-refractivity contribution is 6.02. The van der Waals surface area contributed by atoms with Crippen molar-refractivity contribution in [1.29, 1.82) is 5.26 Å². The lowest BCUT2D eigenvalue weighted by Crippen LogP contribution is -2.36. The van der Waals surface area contributed by atoms with Gasteiger partial charge in [0, 0.05) is 25.7 Å². The molecule has 0 spiro atoms. The Hall–Kier alpha value is -2.24. The van der Waals surface area contributed by atoms with Gasteiger partial charge >= 0.3 is 0 Å². The fourth-order valence-corrected chi connectivity index (χ4v) is 1.45. The maximum absolute atomic E-state index is 11.7. The van der Waals surface area contributed by atoms with Gasteiger partial charge < -0.3 is 9.64 Å². The molecule has 0 aromatic heterocycles. The highest BCUT2D eigenvalue weighted by atomic mass is 16.5. The third-order valence-electron chi connectivity index (χ3n) is 2.60. The summed E-state index contributed by atoms with van der Waals surface area (Å²) in [4.78, 5) is 28.2. The Kier molecular flexibility index (Phi) is 6.36. The van der Waals surface area contributed by atoms with Gasteiger partial charge in [0.1, 0.15) is 18.0 Å². The molecular formula is C12H17N5O3. The third-order valence-corrected chi connectivity index (χ3v) is 2.60. The van der Waals surface area contributed by atoms with E-state index in [1.54, 1.807) is 13.0 Å². The van der Waals surface area contributed by atoms with Gasteiger partial charge in [-0.3, -0.25) is 9.59 Å². The normalized spacial score (nSPS) is 16.1. The molecule has 108 valence electrons. The molecule has 0 saturated carbocycles. The highest BCUT2D eigenvalue weighted by Crippen LogP contribution is 2.03. The van der Waals surface area contributed by atoms with Gasteiger partial charge in [-0.1, -0.05) is 6.92 Å². The lowest BCUT2D eigenvalue weighted by Gasteiger charge is -2.25. The first kappa shape index (κ1) is 15.8. The van der Waals surface area contributed by atoms with Crippen molar-refractivity contribution in [1.82, 2.24) is 9.91 Å². The number of carbonyl (C=O) groups is 2. The summed E-state index contributed by atoms with van der Waals surface area (Å²) in [6.07, 6.45) is 2.56. The van der Waals surface area contributed by atoms with Gasteiger partial charge in [0.2, 0.25) is 5.91 Å². The molecule has 1 heterocycles. The van der Waals surface area contributed by atoms with E-state index in [1.807, 2.05) is 4.90 Å². The average Bonchev–Trinajstić information content (AvgIpc) is 2.49. The van der Waals surface area contributed by atoms with Gasteiger partial charge in [-0.25, -0.2) is 10.9 Å². The zero-order valence-corrected chi connectivity index (χ0v) is 11.3. The minimum Gasteiger partial charge on any atom is -0.378 e. The molecule has 2 N–H and O–H groups in total. The number of aliphatic imine (C=N–C) groups is 1. The molecule has 1 saturated heterocycles. The zero-order chi connectivity index (χ0) is 15.0. The van der Waals surface area contributed by atoms with Gasteiger partial charge in [-0.2, -0.15) is 10.3 Å². The number of hydrogen-bond donors (Lipinski definition) is 1. The second-order valence-corrected chi connectivity index (χ2v) is 4.01. The topological polar surface area (TPSA) is 112 Å². The van der Waals surface area contributed by atoms with Crippen LogP contribution in [0.3, 0.4) is 0 Å². The minimum atomic E-state index is -0.738. The molecule has 1 aliphatic rings. The highest BCUT2D eigenvalue weighted by Gasteiger charge is 2.13. The number of nitrogens with two attached hydrogens (primary N) is 1. The largest absolute Gasteiger partial charge is 0.378 e. The molecule has 0 atom stereocenters. The number of nitriles is 1. The first-order chi connectivity index (χ1) is 9.58. The number of amides is 2. The number of morpholine rings is 1. The fourth-order valence-electron chi connectivity index (χ4n) is 1.45. The van der Waals surface area contributed by atoms with Crippen LogP contribution >= 0.6 is 0 Å². The van der Waals surface area contributed by atoms with Crippen molar-refractivity contribution in [2.75, 3.05) is 26.3 Å². The maximum atomic E-state index is 11.7. The molecule has 0 aliphatic carbocycles. The first-order valence-electron chi connectivity index (χ1n) is 6.17. The van der Waals surface area contributed by atoms with Crippen molar-refractivity contribution < 1.29 is 14.3 Å². The maximum Gasteiger partial charge on any atom is 0.290 e. The van der Waals surface area contributed by atoms with Gasteiger partial charge in [-0.15, -0.1) is 0 Å². The standard InChI is InChI=1S/C12H17N5O3/c1-2-11(18)17(14)9-15-12(19)10(7-13)8-16-3-5-20-6-4-16/h8-9H,2-6,14H2,1H3. The average molecular weight is 279 g/mol. The number of nitrogens with zero attached hydrogens (tertiary/aromatic N) is 4. The van der Waals surface area contributed by atoms with Crippen molar-refractivity contribution in [2.45, 2.75) is 13.3 Å². The molecule has 1 fully saturated rings. The van der Waals surface area contributed by atoms with Gasteiger partial charge in [-0.05, 0) is 0 Å². The summed E-state index contributed by atoms with van der Waals surface area (Å²) < 4.78 is 5.16. The van der Waals surface area contributed by atoms with E-state index < -0.39 is 5.91 Å². The fraction of sp³-hybridized carbons (Fsp3) is 0.500. The van der Waals surface area contributed by atoms with E-state index in [9.17, 15) is 9.59 Å². The number of rotatable bonds is 4. The van der Waals surface area contributed by atoms with Gasteiger partial charge in [0.15, 0.2) is 0 Å². The monoisotopic (exact) mass is 279 g/mol. The van der Waals surface area contributed by atoms with Crippen molar-refractivity contribution >= 4 is 18.2 Å². The van der Waals surface area contributed by atoms with E-state index in [1.165, 1.54) is 6.20 Å². The van der Waals surface area contributed by atoms with Crippen molar-refractivity contribution in [3.05, 3.63) is 11.8 Å². The van der Waals surface area contributed by atoms with Crippen LogP contribution in [0.5, 0.6) is 0 Å². The van der Waals surface area contributed by atoms with E-state index >= 15 is 0 Å². The number of hydrogen-bond acceptors (Lipinski definition) is 6. The Morgan fingerprint density at radius 1 is 1.50 bits per heavy atom. The van der Waals surface area contributed by atoms with Crippen molar-refractivity contribution in [3.8, 4) is 6.07 Å². The van der Waals surface area contributed by atoms with Crippen LogP contribution < -0.4 is 5.84 Å². The van der Waals surface area contributed by atoms with E-state index in [4.69, 9.17) is 15.8 Å². The number of carbonyl (C=O) groups excluding carboxylic acids is 2. The van der Waals surface area contributed by atoms with Crippen LogP contribution in [0.1, 0.15) is 13.3 Å². The number of hydrazine groups is 1. The molecular weight excluding hydrogens is 262 g/mol. The number of ether oxygens (including phenoxy) is 1. The molecule has 8 heteroatoms. The Labute approximate surface area is 117 Å². The molecule has 1 aliphatic heterocycles.